The van der Waals surface area contributed by atoms with Gasteiger partial charge in [0.25, 0.3) is 0 Å². The fraction of sp³-hybridized carbons (Fsp3) is 0.458. The Balaban J connectivity index is 1.53. The minimum absolute atomic E-state index is 0.0315. The fourth-order valence-electron chi connectivity index (χ4n) is 4.08. The van der Waals surface area contributed by atoms with Crippen LogP contribution in [0.5, 0.6) is 5.75 Å². The van der Waals surface area contributed by atoms with Gasteiger partial charge in [0, 0.05) is 24.6 Å². The third kappa shape index (κ3) is 6.05. The second kappa shape index (κ2) is 10.6. The molecule has 6 nitrogen and oxygen atoms in total. The predicted molar refractivity (Wildman–Crippen MR) is 114 cm³/mol. The number of rotatable bonds is 10. The molecule has 0 amide bonds. The number of carboxylic acids is 1. The van der Waals surface area contributed by atoms with Gasteiger partial charge in [0.05, 0.1) is 12.7 Å². The van der Waals surface area contributed by atoms with Crippen LogP contribution in [-0.4, -0.2) is 39.0 Å². The van der Waals surface area contributed by atoms with Crippen molar-refractivity contribution in [3.05, 3.63) is 64.2 Å². The molecule has 2 aromatic carbocycles. The summed E-state index contributed by atoms with van der Waals surface area (Å²) in [6.07, 6.45) is 4.89. The number of nitrogens with one attached hydrogen (secondary N) is 1. The molecule has 0 aromatic heterocycles. The van der Waals surface area contributed by atoms with Crippen molar-refractivity contribution in [2.75, 3.05) is 6.54 Å². The van der Waals surface area contributed by atoms with Gasteiger partial charge in [-0.3, -0.25) is 4.79 Å². The van der Waals surface area contributed by atoms with Crippen LogP contribution >= 0.6 is 0 Å². The molecule has 0 fully saturated rings. The van der Waals surface area contributed by atoms with Gasteiger partial charge in [-0.05, 0) is 72.9 Å². The summed E-state index contributed by atoms with van der Waals surface area (Å²) in [7, 11) is 0. The van der Waals surface area contributed by atoms with Crippen LogP contribution < -0.4 is 5.32 Å². The zero-order chi connectivity index (χ0) is 21.5. The van der Waals surface area contributed by atoms with Crippen molar-refractivity contribution in [2.45, 2.75) is 63.7 Å². The third-order valence-corrected chi connectivity index (χ3v) is 5.86. The Hall–Kier alpha value is -2.41. The van der Waals surface area contributed by atoms with E-state index in [-0.39, 0.29) is 24.8 Å². The lowest BCUT2D eigenvalue weighted by atomic mass is 9.86. The molecule has 0 unspecified atom stereocenters. The maximum Gasteiger partial charge on any atom is 0.303 e. The molecule has 6 heteroatoms. The van der Waals surface area contributed by atoms with Gasteiger partial charge in [0.1, 0.15) is 5.75 Å². The predicted octanol–water partition coefficient (Wildman–Crippen LogP) is 2.86. The summed E-state index contributed by atoms with van der Waals surface area (Å²) in [5.41, 5.74) is 5.03. The van der Waals surface area contributed by atoms with Gasteiger partial charge < -0.3 is 25.7 Å². The first kappa shape index (κ1) is 22.3. The van der Waals surface area contributed by atoms with Crippen LogP contribution in [0, 0.1) is 0 Å². The van der Waals surface area contributed by atoms with E-state index in [0.29, 0.717) is 24.1 Å². The number of benzene rings is 2. The monoisotopic (exact) mass is 413 g/mol. The molecule has 0 bridgehead atoms. The Morgan fingerprint density at radius 1 is 1.13 bits per heavy atom. The van der Waals surface area contributed by atoms with Crippen molar-refractivity contribution < 1.29 is 25.2 Å². The highest BCUT2D eigenvalue weighted by Crippen LogP contribution is 2.25. The minimum Gasteiger partial charge on any atom is -0.508 e. The lowest BCUT2D eigenvalue weighted by molar-refractivity contribution is -0.137. The highest BCUT2D eigenvalue weighted by atomic mass is 16.4. The van der Waals surface area contributed by atoms with Crippen LogP contribution in [0.3, 0.4) is 0 Å². The molecule has 1 aliphatic carbocycles. The van der Waals surface area contributed by atoms with Crippen LogP contribution in [0.15, 0.2) is 36.4 Å². The molecular weight excluding hydrogens is 382 g/mol. The molecule has 3 rings (SSSR count). The number of aliphatic hydroxyl groups excluding tert-OH is 2. The van der Waals surface area contributed by atoms with E-state index in [2.05, 4.69) is 23.5 Å². The second-order valence-corrected chi connectivity index (χ2v) is 8.11. The van der Waals surface area contributed by atoms with Crippen molar-refractivity contribution in [1.82, 2.24) is 5.32 Å². The molecule has 2 atom stereocenters. The van der Waals surface area contributed by atoms with E-state index in [4.69, 9.17) is 5.11 Å². The van der Waals surface area contributed by atoms with Crippen LogP contribution in [0.1, 0.15) is 59.6 Å². The molecule has 30 heavy (non-hydrogen) atoms. The van der Waals surface area contributed by atoms with Crippen molar-refractivity contribution >= 4 is 5.97 Å². The summed E-state index contributed by atoms with van der Waals surface area (Å²) in [6, 6.07) is 11.7. The number of fused-ring (bicyclic) bond motifs is 1. The zero-order valence-corrected chi connectivity index (χ0v) is 17.2. The minimum atomic E-state index is -0.739. The summed E-state index contributed by atoms with van der Waals surface area (Å²) in [6.45, 7) is 0.141. The van der Waals surface area contributed by atoms with Crippen LogP contribution in [0.25, 0.3) is 0 Å². The summed E-state index contributed by atoms with van der Waals surface area (Å²) in [4.78, 5) is 10.6. The Kier molecular flexibility index (Phi) is 7.85. The first-order chi connectivity index (χ1) is 14.5. The molecule has 5 N–H and O–H groups in total. The summed E-state index contributed by atoms with van der Waals surface area (Å²) >= 11 is 0. The third-order valence-electron chi connectivity index (χ3n) is 5.86. The number of aromatic hydroxyl groups is 1. The van der Waals surface area contributed by atoms with Crippen molar-refractivity contribution in [2.24, 2.45) is 0 Å². The lowest BCUT2D eigenvalue weighted by Gasteiger charge is -2.27. The summed E-state index contributed by atoms with van der Waals surface area (Å²) in [5.74, 6) is -0.708. The van der Waals surface area contributed by atoms with Gasteiger partial charge in [-0.2, -0.15) is 0 Å². The highest BCUT2D eigenvalue weighted by molar-refractivity contribution is 5.66. The van der Waals surface area contributed by atoms with E-state index in [1.807, 2.05) is 0 Å². The number of phenols is 1. The van der Waals surface area contributed by atoms with E-state index in [1.165, 1.54) is 22.8 Å². The van der Waals surface area contributed by atoms with Crippen LogP contribution in [-0.2, 0) is 30.7 Å². The maximum absolute atomic E-state index is 10.6. The van der Waals surface area contributed by atoms with Crippen molar-refractivity contribution in [3.63, 3.8) is 0 Å². The van der Waals surface area contributed by atoms with Gasteiger partial charge in [-0.1, -0.05) is 24.3 Å². The molecule has 2 aromatic rings. The second-order valence-electron chi connectivity index (χ2n) is 8.11. The first-order valence-electron chi connectivity index (χ1n) is 10.6. The molecule has 0 heterocycles. The number of unbranched alkanes of at least 4 members (excludes halogenated alkanes) is 1. The summed E-state index contributed by atoms with van der Waals surface area (Å²) < 4.78 is 0. The number of hydrogen-bond donors (Lipinski definition) is 5. The lowest BCUT2D eigenvalue weighted by Crippen LogP contribution is -2.37. The number of hydrogen-bond acceptors (Lipinski definition) is 5. The smallest absolute Gasteiger partial charge is 0.303 e. The van der Waals surface area contributed by atoms with Crippen molar-refractivity contribution in [1.29, 1.82) is 0 Å². The van der Waals surface area contributed by atoms with E-state index in [9.17, 15) is 20.1 Å². The van der Waals surface area contributed by atoms with Gasteiger partial charge in [-0.25, -0.2) is 0 Å². The number of aliphatic carboxylic acids is 1. The van der Waals surface area contributed by atoms with Crippen LogP contribution in [0.4, 0.5) is 0 Å². The SMILES string of the molecule is O=C(O)CCCCc1ccc2c(c1)C[C@@H](NC[C@@H](O)c1ccc(O)c(CO)c1)CC2. The number of aryl methyl sites for hydroxylation is 2. The topological polar surface area (TPSA) is 110 Å². The molecular formula is C24H31NO5. The van der Waals surface area contributed by atoms with E-state index >= 15 is 0 Å². The van der Waals surface area contributed by atoms with E-state index in [1.54, 1.807) is 12.1 Å². The molecule has 0 saturated carbocycles. The molecule has 1 aliphatic rings. The Bertz CT molecular complexity index is 867. The molecule has 0 radical (unpaired) electrons. The average Bonchev–Trinajstić information content (AvgIpc) is 2.75. The van der Waals surface area contributed by atoms with Crippen LogP contribution in [0.2, 0.25) is 0 Å². The Labute approximate surface area is 177 Å². The van der Waals surface area contributed by atoms with Gasteiger partial charge in [-0.15, -0.1) is 0 Å². The van der Waals surface area contributed by atoms with Gasteiger partial charge in [0.15, 0.2) is 0 Å². The number of carbonyl (C=O) groups is 1. The summed E-state index contributed by atoms with van der Waals surface area (Å²) in [5, 5.41) is 41.7. The molecule has 0 aliphatic heterocycles. The maximum atomic E-state index is 10.6. The fourth-order valence-corrected chi connectivity index (χ4v) is 4.08. The molecule has 162 valence electrons. The normalized spacial score (nSPS) is 16.8. The zero-order valence-electron chi connectivity index (χ0n) is 17.2. The van der Waals surface area contributed by atoms with E-state index < -0.39 is 12.1 Å². The molecule has 0 spiro atoms. The number of carboxylic acid groups (broad SMARTS) is 1. The van der Waals surface area contributed by atoms with Crippen molar-refractivity contribution in [3.8, 4) is 5.75 Å². The standard InChI is InChI=1S/C24H31NO5/c26-15-20-12-18(8-10-22(20)27)23(28)14-25-21-9-7-17-6-5-16(11-19(17)13-21)3-1-2-4-24(29)30/h5-6,8,10-12,21,23,25-28H,1-4,7,9,13-15H2,(H,29,30)/t21-,23+/m0/s1. The average molecular weight is 414 g/mol. The highest BCUT2D eigenvalue weighted by Gasteiger charge is 2.20. The molecule has 0 saturated heterocycles. The number of aliphatic hydroxyl groups is 2. The quantitative estimate of drug-likeness (QED) is 0.383. The van der Waals surface area contributed by atoms with Gasteiger partial charge >= 0.3 is 5.97 Å². The van der Waals surface area contributed by atoms with Gasteiger partial charge in [0.2, 0.25) is 0 Å². The first-order valence-corrected chi connectivity index (χ1v) is 10.6. The largest absolute Gasteiger partial charge is 0.508 e. The Morgan fingerprint density at radius 3 is 2.73 bits per heavy atom. The van der Waals surface area contributed by atoms with E-state index in [0.717, 1.165) is 32.1 Å². The Morgan fingerprint density at radius 2 is 1.97 bits per heavy atom.